The fourth-order valence-corrected chi connectivity index (χ4v) is 4.63. The number of ether oxygens (including phenoxy) is 1. The van der Waals surface area contributed by atoms with Crippen molar-refractivity contribution in [3.05, 3.63) is 112 Å². The van der Waals surface area contributed by atoms with Crippen molar-refractivity contribution < 1.29 is 45.3 Å². The van der Waals surface area contributed by atoms with Gasteiger partial charge in [0, 0.05) is 31.4 Å². The van der Waals surface area contributed by atoms with Gasteiger partial charge in [0.2, 0.25) is 0 Å². The van der Waals surface area contributed by atoms with Crippen molar-refractivity contribution in [1.82, 2.24) is 0 Å². The smallest absolute Gasteiger partial charge is 0.339 e. The number of benzene rings is 4. The summed E-state index contributed by atoms with van der Waals surface area (Å²) in [7, 11) is 0. The van der Waals surface area contributed by atoms with E-state index in [1.54, 1.807) is 19.1 Å². The Hall–Kier alpha value is -3.31. The Morgan fingerprint density at radius 3 is 2.24 bits per heavy atom. The second-order valence-electron chi connectivity index (χ2n) is 8.29. The summed E-state index contributed by atoms with van der Waals surface area (Å²) < 4.78 is 5.93. The third kappa shape index (κ3) is 4.05. The summed E-state index contributed by atoms with van der Waals surface area (Å²) in [5.41, 5.74) is 5.89. The van der Waals surface area contributed by atoms with Gasteiger partial charge in [-0.05, 0) is 64.6 Å². The standard InChI is InChI=1S/C29H22O4.Hf/c1-17-16-26-24(23-13-5-9-19-8-3-4-10-22(19)23)14-7-15-25(26)27(17)33-29(32)21-12-6-11-20(18(21)2)28(30)31;/h3-16,27H,1-2H3,(H,30,31);. The zero-order chi connectivity index (χ0) is 23.1. The van der Waals surface area contributed by atoms with Crippen molar-refractivity contribution in [1.29, 1.82) is 0 Å². The molecule has 0 aliphatic heterocycles. The van der Waals surface area contributed by atoms with Crippen LogP contribution in [0.4, 0.5) is 0 Å². The zero-order valence-electron chi connectivity index (χ0n) is 18.8. The van der Waals surface area contributed by atoms with Crippen LogP contribution in [0.25, 0.3) is 28.0 Å². The summed E-state index contributed by atoms with van der Waals surface area (Å²) in [5, 5.41) is 11.7. The maximum Gasteiger partial charge on any atom is 0.339 e. The summed E-state index contributed by atoms with van der Waals surface area (Å²) in [6.07, 6.45) is 1.56. The number of fused-ring (bicyclic) bond motifs is 2. The van der Waals surface area contributed by atoms with Crippen molar-refractivity contribution in [3.8, 4) is 11.1 Å². The van der Waals surface area contributed by atoms with Crippen molar-refractivity contribution in [2.24, 2.45) is 0 Å². The molecule has 1 aliphatic rings. The third-order valence-corrected chi connectivity index (χ3v) is 6.30. The van der Waals surface area contributed by atoms with E-state index >= 15 is 0 Å². The molecule has 0 radical (unpaired) electrons. The van der Waals surface area contributed by atoms with Gasteiger partial charge in [0.05, 0.1) is 11.1 Å². The SMILES string of the molecule is CC1=Cc2c(-c3cccc4ccccc34)cccc2C1OC(=O)c1cccc(C(=O)O)c1C.[Hf]. The molecule has 5 heteroatoms. The van der Waals surface area contributed by atoms with E-state index in [1.165, 1.54) is 16.8 Å². The van der Waals surface area contributed by atoms with E-state index in [9.17, 15) is 14.7 Å². The molecule has 0 heterocycles. The van der Waals surface area contributed by atoms with Crippen molar-refractivity contribution in [2.45, 2.75) is 20.0 Å². The van der Waals surface area contributed by atoms with Crippen LogP contribution < -0.4 is 0 Å². The number of carbonyl (C=O) groups is 2. The number of aromatic carboxylic acids is 1. The summed E-state index contributed by atoms with van der Waals surface area (Å²) in [5.74, 6) is -1.60. The van der Waals surface area contributed by atoms with Crippen LogP contribution >= 0.6 is 0 Å². The van der Waals surface area contributed by atoms with Gasteiger partial charge in [-0.15, -0.1) is 0 Å². The minimum atomic E-state index is -1.07. The molecule has 0 amide bonds. The molecule has 0 saturated carbocycles. The molecule has 4 aromatic rings. The molecule has 1 aliphatic carbocycles. The number of esters is 1. The van der Waals surface area contributed by atoms with Crippen LogP contribution in [0.2, 0.25) is 0 Å². The molecule has 34 heavy (non-hydrogen) atoms. The first-order valence-corrected chi connectivity index (χ1v) is 10.8. The van der Waals surface area contributed by atoms with Crippen LogP contribution in [0.1, 0.15) is 50.4 Å². The largest absolute Gasteiger partial charge is 0.478 e. The molecule has 4 aromatic carbocycles. The summed E-state index contributed by atoms with van der Waals surface area (Å²) in [6.45, 7) is 3.58. The molecule has 0 aromatic heterocycles. The number of hydrogen-bond acceptors (Lipinski definition) is 3. The average molecular weight is 613 g/mol. The Bertz CT molecular complexity index is 1460. The molecule has 1 atom stereocenters. The van der Waals surface area contributed by atoms with Crippen molar-refractivity contribution >= 4 is 28.8 Å². The molecule has 0 fully saturated rings. The Labute approximate surface area is 216 Å². The monoisotopic (exact) mass is 614 g/mol. The van der Waals surface area contributed by atoms with Crippen LogP contribution in [0, 0.1) is 6.92 Å². The fourth-order valence-electron chi connectivity index (χ4n) is 4.63. The van der Waals surface area contributed by atoms with E-state index in [0.29, 0.717) is 5.56 Å². The summed E-state index contributed by atoms with van der Waals surface area (Å²) in [4.78, 5) is 24.5. The first-order valence-electron chi connectivity index (χ1n) is 10.8. The van der Waals surface area contributed by atoms with Gasteiger partial charge in [-0.1, -0.05) is 72.8 Å². The fraction of sp³-hybridized carbons (Fsp3) is 0.103. The number of carboxylic acids is 1. The molecular formula is C29H22HfO4. The predicted molar refractivity (Wildman–Crippen MR) is 129 cm³/mol. The Kier molecular flexibility index (Phi) is 6.67. The van der Waals surface area contributed by atoms with Crippen molar-refractivity contribution in [3.63, 3.8) is 0 Å². The first-order chi connectivity index (χ1) is 16.0. The number of carboxylic acid groups (broad SMARTS) is 1. The molecular weight excluding hydrogens is 591 g/mol. The molecule has 4 nitrogen and oxygen atoms in total. The average Bonchev–Trinajstić information content (AvgIpc) is 3.13. The molecule has 166 valence electrons. The molecule has 5 rings (SSSR count). The summed E-state index contributed by atoms with van der Waals surface area (Å²) >= 11 is 0. The Balaban J connectivity index is 0.00000274. The Morgan fingerprint density at radius 1 is 0.794 bits per heavy atom. The quantitative estimate of drug-likeness (QED) is 0.203. The van der Waals surface area contributed by atoms with Crippen molar-refractivity contribution in [2.75, 3.05) is 0 Å². The topological polar surface area (TPSA) is 63.6 Å². The molecule has 1 N–H and O–H groups in total. The Morgan fingerprint density at radius 2 is 1.44 bits per heavy atom. The number of rotatable bonds is 4. The minimum absolute atomic E-state index is 0. The van der Waals surface area contributed by atoms with Gasteiger partial charge in [0.15, 0.2) is 0 Å². The minimum Gasteiger partial charge on any atom is -0.478 e. The van der Waals surface area contributed by atoms with Gasteiger partial charge in [0.1, 0.15) is 6.10 Å². The predicted octanol–water partition coefficient (Wildman–Crippen LogP) is 6.83. The maximum absolute atomic E-state index is 13.0. The van der Waals surface area contributed by atoms with Gasteiger partial charge in [-0.25, -0.2) is 9.59 Å². The van der Waals surface area contributed by atoms with E-state index in [1.807, 2.05) is 31.2 Å². The number of carbonyl (C=O) groups excluding carboxylic acids is 1. The normalized spacial score (nSPS) is 14.2. The second-order valence-corrected chi connectivity index (χ2v) is 8.29. The summed E-state index contributed by atoms with van der Waals surface area (Å²) in [6, 6.07) is 25.3. The van der Waals surface area contributed by atoms with Gasteiger partial charge in [-0.2, -0.15) is 0 Å². The van der Waals surface area contributed by atoms with Crippen LogP contribution in [0.3, 0.4) is 0 Å². The second kappa shape index (κ2) is 9.51. The molecule has 1 unspecified atom stereocenters. The first kappa shape index (κ1) is 23.8. The van der Waals surface area contributed by atoms with E-state index < -0.39 is 18.0 Å². The zero-order valence-corrected chi connectivity index (χ0v) is 22.4. The van der Waals surface area contributed by atoms with E-state index in [0.717, 1.165) is 27.8 Å². The maximum atomic E-state index is 13.0. The van der Waals surface area contributed by atoms with Crippen LogP contribution in [0.15, 0.2) is 84.4 Å². The molecule has 0 bridgehead atoms. The van der Waals surface area contributed by atoms with Gasteiger partial charge in [0.25, 0.3) is 0 Å². The molecule has 0 spiro atoms. The van der Waals surface area contributed by atoms with E-state index in [4.69, 9.17) is 4.74 Å². The molecule has 0 saturated heterocycles. The van der Waals surface area contributed by atoms with Gasteiger partial charge in [-0.3, -0.25) is 0 Å². The van der Waals surface area contributed by atoms with Gasteiger partial charge < -0.3 is 9.84 Å². The van der Waals surface area contributed by atoms with Crippen LogP contribution in [0.5, 0.6) is 0 Å². The number of hydrogen-bond donors (Lipinski definition) is 1. The van der Waals surface area contributed by atoms with Gasteiger partial charge >= 0.3 is 11.9 Å². The van der Waals surface area contributed by atoms with Crippen LogP contribution in [-0.2, 0) is 30.6 Å². The van der Waals surface area contributed by atoms with E-state index in [-0.39, 0.29) is 37.0 Å². The third-order valence-electron chi connectivity index (χ3n) is 6.30. The van der Waals surface area contributed by atoms with Crippen LogP contribution in [-0.4, -0.2) is 17.0 Å². The van der Waals surface area contributed by atoms with E-state index in [2.05, 4.69) is 42.5 Å².